The number of hydrogen-bond donors (Lipinski definition) is 1. The molecule has 4 heteroatoms. The van der Waals surface area contributed by atoms with Gasteiger partial charge in [-0.3, -0.25) is 0 Å². The first-order valence-corrected chi connectivity index (χ1v) is 4.60. The van der Waals surface area contributed by atoms with Crippen LogP contribution in [0.5, 0.6) is 0 Å². The first-order chi connectivity index (χ1) is 7.10. The van der Waals surface area contributed by atoms with E-state index in [-0.39, 0.29) is 5.82 Å². The normalized spacial score (nSPS) is 13.2. The van der Waals surface area contributed by atoms with E-state index in [1.165, 1.54) is 26.4 Å². The Hall–Kier alpha value is -0.970. The molecule has 0 aliphatic carbocycles. The zero-order valence-corrected chi connectivity index (χ0v) is 9.03. The molecule has 0 bridgehead atoms. The van der Waals surface area contributed by atoms with Crippen molar-refractivity contribution in [1.82, 2.24) is 0 Å². The fraction of sp³-hybridized carbons (Fsp3) is 0.455. The number of ether oxygens (including phenoxy) is 2. The van der Waals surface area contributed by atoms with Gasteiger partial charge in [0.15, 0.2) is 6.29 Å². The third-order valence-corrected chi connectivity index (χ3v) is 2.25. The van der Waals surface area contributed by atoms with E-state index in [9.17, 15) is 9.50 Å². The van der Waals surface area contributed by atoms with Crippen molar-refractivity contribution in [2.45, 2.75) is 19.3 Å². The largest absolute Gasteiger partial charge is 0.383 e. The summed E-state index contributed by atoms with van der Waals surface area (Å²) in [4.78, 5) is 0. The van der Waals surface area contributed by atoms with Crippen LogP contribution in [-0.2, 0) is 9.47 Å². The molecule has 0 amide bonds. The zero-order chi connectivity index (χ0) is 11.4. The maximum atomic E-state index is 13.0. The first-order valence-electron chi connectivity index (χ1n) is 4.60. The Morgan fingerprint density at radius 1 is 1.27 bits per heavy atom. The second kappa shape index (κ2) is 5.21. The van der Waals surface area contributed by atoms with Crippen molar-refractivity contribution in [3.63, 3.8) is 0 Å². The minimum Gasteiger partial charge on any atom is -0.383 e. The lowest BCUT2D eigenvalue weighted by Crippen LogP contribution is -2.22. The number of aliphatic hydroxyl groups excluding tert-OH is 1. The topological polar surface area (TPSA) is 38.7 Å². The van der Waals surface area contributed by atoms with E-state index in [4.69, 9.17) is 9.47 Å². The van der Waals surface area contributed by atoms with Crippen molar-refractivity contribution in [3.05, 3.63) is 35.1 Å². The molecule has 1 unspecified atom stereocenters. The summed E-state index contributed by atoms with van der Waals surface area (Å²) in [6.45, 7) is 1.64. The Labute approximate surface area is 88.4 Å². The first kappa shape index (κ1) is 12.1. The number of methoxy groups -OCH3 is 2. The van der Waals surface area contributed by atoms with Gasteiger partial charge in [-0.25, -0.2) is 4.39 Å². The van der Waals surface area contributed by atoms with E-state index in [1.54, 1.807) is 13.0 Å². The van der Waals surface area contributed by atoms with Gasteiger partial charge in [-0.05, 0) is 24.1 Å². The summed E-state index contributed by atoms with van der Waals surface area (Å²) in [5.41, 5.74) is 1.06. The number of rotatable bonds is 4. The molecule has 0 heterocycles. The number of aliphatic hydroxyl groups is 1. The van der Waals surface area contributed by atoms with Crippen LogP contribution in [0, 0.1) is 12.7 Å². The van der Waals surface area contributed by atoms with Gasteiger partial charge in [-0.2, -0.15) is 0 Å². The van der Waals surface area contributed by atoms with Crippen LogP contribution in [0.4, 0.5) is 4.39 Å². The smallest absolute Gasteiger partial charge is 0.187 e. The zero-order valence-electron chi connectivity index (χ0n) is 9.03. The van der Waals surface area contributed by atoms with Crippen LogP contribution in [0.15, 0.2) is 18.2 Å². The van der Waals surface area contributed by atoms with Crippen molar-refractivity contribution in [3.8, 4) is 0 Å². The Bertz CT molecular complexity index is 324. The average Bonchev–Trinajstić information content (AvgIpc) is 2.23. The molecule has 1 aromatic carbocycles. The molecule has 0 spiro atoms. The number of hydrogen-bond acceptors (Lipinski definition) is 3. The molecule has 1 atom stereocenters. The third kappa shape index (κ3) is 2.75. The summed E-state index contributed by atoms with van der Waals surface area (Å²) >= 11 is 0. The highest BCUT2D eigenvalue weighted by atomic mass is 19.1. The molecule has 0 aliphatic heterocycles. The van der Waals surface area contributed by atoms with Gasteiger partial charge in [0, 0.05) is 14.2 Å². The van der Waals surface area contributed by atoms with Crippen molar-refractivity contribution >= 4 is 0 Å². The number of aryl methyl sites for hydroxylation is 1. The minimum atomic E-state index is -0.917. The lowest BCUT2D eigenvalue weighted by Gasteiger charge is -2.20. The van der Waals surface area contributed by atoms with Crippen LogP contribution in [-0.4, -0.2) is 25.6 Å². The fourth-order valence-corrected chi connectivity index (χ4v) is 1.36. The van der Waals surface area contributed by atoms with E-state index in [0.717, 1.165) is 0 Å². The van der Waals surface area contributed by atoms with Gasteiger partial charge < -0.3 is 14.6 Å². The van der Waals surface area contributed by atoms with Crippen LogP contribution < -0.4 is 0 Å². The Balaban J connectivity index is 2.90. The van der Waals surface area contributed by atoms with Crippen molar-refractivity contribution in [1.29, 1.82) is 0 Å². The maximum absolute atomic E-state index is 13.0. The van der Waals surface area contributed by atoms with E-state index >= 15 is 0 Å². The quantitative estimate of drug-likeness (QED) is 0.776. The second-order valence-electron chi connectivity index (χ2n) is 3.29. The summed E-state index contributed by atoms with van der Waals surface area (Å²) in [5, 5.41) is 9.82. The van der Waals surface area contributed by atoms with Crippen LogP contribution in [0.25, 0.3) is 0 Å². The van der Waals surface area contributed by atoms with Crippen LogP contribution >= 0.6 is 0 Å². The lowest BCUT2D eigenvalue weighted by molar-refractivity contribution is -0.166. The number of benzene rings is 1. The molecule has 15 heavy (non-hydrogen) atoms. The SMILES string of the molecule is COC(OC)C(O)c1ccc(F)c(C)c1. The van der Waals surface area contributed by atoms with Gasteiger partial charge in [0.2, 0.25) is 0 Å². The lowest BCUT2D eigenvalue weighted by atomic mass is 10.1. The summed E-state index contributed by atoms with van der Waals surface area (Å²) in [7, 11) is 2.88. The molecule has 0 saturated carbocycles. The van der Waals surface area contributed by atoms with E-state index < -0.39 is 12.4 Å². The molecular weight excluding hydrogens is 199 g/mol. The Morgan fingerprint density at radius 3 is 2.33 bits per heavy atom. The second-order valence-corrected chi connectivity index (χ2v) is 3.29. The third-order valence-electron chi connectivity index (χ3n) is 2.25. The monoisotopic (exact) mass is 214 g/mol. The molecule has 1 aromatic rings. The predicted molar refractivity (Wildman–Crippen MR) is 53.9 cm³/mol. The van der Waals surface area contributed by atoms with Gasteiger partial charge in [0.25, 0.3) is 0 Å². The molecule has 0 aromatic heterocycles. The molecule has 0 fully saturated rings. The van der Waals surface area contributed by atoms with Crippen molar-refractivity contribution < 1.29 is 19.0 Å². The highest BCUT2D eigenvalue weighted by Crippen LogP contribution is 2.21. The standard InChI is InChI=1S/C11H15FO3/c1-7-6-8(4-5-9(7)12)10(13)11(14-2)15-3/h4-6,10-11,13H,1-3H3. The van der Waals surface area contributed by atoms with Gasteiger partial charge in [-0.15, -0.1) is 0 Å². The van der Waals surface area contributed by atoms with Crippen LogP contribution in [0.3, 0.4) is 0 Å². The number of halogens is 1. The Kier molecular flexibility index (Phi) is 4.20. The van der Waals surface area contributed by atoms with E-state index in [0.29, 0.717) is 11.1 Å². The van der Waals surface area contributed by atoms with Gasteiger partial charge >= 0.3 is 0 Å². The molecule has 3 nitrogen and oxygen atoms in total. The van der Waals surface area contributed by atoms with Gasteiger partial charge in [-0.1, -0.05) is 12.1 Å². The molecule has 1 N–H and O–H groups in total. The minimum absolute atomic E-state index is 0.294. The molecular formula is C11H15FO3. The average molecular weight is 214 g/mol. The summed E-state index contributed by atoms with van der Waals surface area (Å²) in [6.07, 6.45) is -1.66. The van der Waals surface area contributed by atoms with E-state index in [2.05, 4.69) is 0 Å². The summed E-state index contributed by atoms with van der Waals surface area (Å²) in [6, 6.07) is 4.40. The van der Waals surface area contributed by atoms with Gasteiger partial charge in [0.05, 0.1) is 0 Å². The van der Waals surface area contributed by atoms with Gasteiger partial charge in [0.1, 0.15) is 11.9 Å². The molecule has 84 valence electrons. The Morgan fingerprint density at radius 2 is 1.87 bits per heavy atom. The van der Waals surface area contributed by atoms with Crippen molar-refractivity contribution in [2.24, 2.45) is 0 Å². The van der Waals surface area contributed by atoms with E-state index in [1.807, 2.05) is 0 Å². The summed E-state index contributed by atoms with van der Waals surface area (Å²) in [5.74, 6) is -0.294. The van der Waals surface area contributed by atoms with Crippen molar-refractivity contribution in [2.75, 3.05) is 14.2 Å². The molecule has 1 rings (SSSR count). The summed E-state index contributed by atoms with van der Waals surface area (Å²) < 4.78 is 22.8. The van der Waals surface area contributed by atoms with Crippen LogP contribution in [0.1, 0.15) is 17.2 Å². The maximum Gasteiger partial charge on any atom is 0.187 e. The predicted octanol–water partition coefficient (Wildman–Crippen LogP) is 1.79. The fourth-order valence-electron chi connectivity index (χ4n) is 1.36. The highest BCUT2D eigenvalue weighted by Gasteiger charge is 2.20. The molecule has 0 saturated heterocycles. The van der Waals surface area contributed by atoms with Crippen LogP contribution in [0.2, 0.25) is 0 Å². The molecule has 0 aliphatic rings. The highest BCUT2D eigenvalue weighted by molar-refractivity contribution is 5.25. The molecule has 0 radical (unpaired) electrons.